The fourth-order valence-electron chi connectivity index (χ4n) is 3.73. The van der Waals surface area contributed by atoms with Gasteiger partial charge in [0.05, 0.1) is 9.79 Å². The summed E-state index contributed by atoms with van der Waals surface area (Å²) in [5, 5.41) is 0. The van der Waals surface area contributed by atoms with Gasteiger partial charge < -0.3 is 10.6 Å². The summed E-state index contributed by atoms with van der Waals surface area (Å²) in [4.78, 5) is 27.1. The maximum absolute atomic E-state index is 13.0. The molecule has 2 aliphatic heterocycles. The van der Waals surface area contributed by atoms with E-state index in [2.05, 4.69) is 0 Å². The Hall–Kier alpha value is -2.51. The second-order valence-corrected chi connectivity index (χ2v) is 8.46. The summed E-state index contributed by atoms with van der Waals surface area (Å²) < 4.78 is 25.9. The number of sulfone groups is 1. The minimum absolute atomic E-state index is 0.0110. The van der Waals surface area contributed by atoms with Gasteiger partial charge in [-0.15, -0.1) is 0 Å². The number of hydrogen-bond acceptors (Lipinski definition) is 5. The van der Waals surface area contributed by atoms with Crippen molar-refractivity contribution in [3.63, 3.8) is 0 Å². The van der Waals surface area contributed by atoms with Crippen LogP contribution in [0.1, 0.15) is 39.1 Å². The molecule has 6 nitrogen and oxygen atoms in total. The average molecular weight is 370 g/mol. The van der Waals surface area contributed by atoms with Gasteiger partial charge >= 0.3 is 0 Å². The number of hydrogen-bond donors (Lipinski definition) is 1. The summed E-state index contributed by atoms with van der Waals surface area (Å²) in [6, 6.07) is 10.4. The minimum atomic E-state index is -3.85. The molecule has 0 bridgehead atoms. The second kappa shape index (κ2) is 6.03. The average Bonchev–Trinajstić information content (AvgIpc) is 3.14. The van der Waals surface area contributed by atoms with Gasteiger partial charge in [-0.1, -0.05) is 12.1 Å². The van der Waals surface area contributed by atoms with Crippen molar-refractivity contribution in [2.45, 2.75) is 28.7 Å². The van der Waals surface area contributed by atoms with Crippen LogP contribution in [0.3, 0.4) is 0 Å². The Kier molecular flexibility index (Phi) is 3.93. The van der Waals surface area contributed by atoms with Crippen molar-refractivity contribution in [1.29, 1.82) is 0 Å². The third-order valence-corrected chi connectivity index (χ3v) is 6.95. The fourth-order valence-corrected chi connectivity index (χ4v) is 5.41. The molecule has 0 saturated carbocycles. The van der Waals surface area contributed by atoms with Gasteiger partial charge in [0.2, 0.25) is 9.84 Å². The van der Waals surface area contributed by atoms with Gasteiger partial charge in [0.25, 0.3) is 5.91 Å². The van der Waals surface area contributed by atoms with E-state index >= 15 is 0 Å². The van der Waals surface area contributed by atoms with Crippen LogP contribution in [0.2, 0.25) is 0 Å². The van der Waals surface area contributed by atoms with Crippen LogP contribution in [0.25, 0.3) is 0 Å². The Labute approximate surface area is 151 Å². The van der Waals surface area contributed by atoms with E-state index in [4.69, 9.17) is 5.73 Å². The van der Waals surface area contributed by atoms with E-state index in [9.17, 15) is 18.0 Å². The lowest BCUT2D eigenvalue weighted by Gasteiger charge is -2.24. The number of nitrogens with two attached hydrogens (primary N) is 1. The van der Waals surface area contributed by atoms with Crippen LogP contribution in [-0.4, -0.2) is 44.1 Å². The monoisotopic (exact) mass is 370 g/mol. The Morgan fingerprint density at radius 2 is 1.85 bits per heavy atom. The van der Waals surface area contributed by atoms with Crippen molar-refractivity contribution in [3.8, 4) is 0 Å². The summed E-state index contributed by atoms with van der Waals surface area (Å²) in [7, 11) is -3.85. The first-order valence-corrected chi connectivity index (χ1v) is 9.97. The first-order chi connectivity index (χ1) is 12.4. The van der Waals surface area contributed by atoms with Crippen LogP contribution in [0, 0.1) is 0 Å². The van der Waals surface area contributed by atoms with Gasteiger partial charge in [-0.25, -0.2) is 8.42 Å². The topological polar surface area (TPSA) is 97.5 Å². The molecule has 1 saturated heterocycles. The molecule has 2 N–H and O–H groups in total. The second-order valence-electron chi connectivity index (χ2n) is 6.57. The highest BCUT2D eigenvalue weighted by atomic mass is 32.2. The predicted octanol–water partition coefficient (Wildman–Crippen LogP) is 1.63. The van der Waals surface area contributed by atoms with E-state index in [-0.39, 0.29) is 44.2 Å². The van der Waals surface area contributed by atoms with Crippen LogP contribution in [0.4, 0.5) is 0 Å². The zero-order valence-corrected chi connectivity index (χ0v) is 14.8. The number of carbonyl (C=O) groups excluding carboxylic acids is 2. The minimum Gasteiger partial charge on any atom is -0.334 e. The molecule has 1 atom stereocenters. The molecule has 2 aromatic carbocycles. The molecule has 0 aromatic heterocycles. The van der Waals surface area contributed by atoms with Crippen molar-refractivity contribution >= 4 is 21.5 Å². The fraction of sp³-hybridized carbons (Fsp3) is 0.263. The summed E-state index contributed by atoms with van der Waals surface area (Å²) >= 11 is 0. The number of fused-ring (bicyclic) bond motifs is 2. The summed E-state index contributed by atoms with van der Waals surface area (Å²) in [6.07, 6.45) is 1.72. The standard InChI is InChI=1S/C19H18N2O4S/c20-11-13-4-3-9-21(13)19(23)12-7-8-15-17(10-12)26(24,25)16-6-2-1-5-14(16)18(15)22/h1-2,5-8,10,13H,3-4,9,11,20H2. The van der Waals surface area contributed by atoms with Crippen molar-refractivity contribution in [1.82, 2.24) is 4.90 Å². The Morgan fingerprint density at radius 1 is 1.12 bits per heavy atom. The molecule has 0 radical (unpaired) electrons. The highest BCUT2D eigenvalue weighted by Gasteiger charge is 2.36. The molecular formula is C19H18N2O4S. The van der Waals surface area contributed by atoms with Crippen molar-refractivity contribution in [2.75, 3.05) is 13.1 Å². The number of carbonyl (C=O) groups is 2. The smallest absolute Gasteiger partial charge is 0.254 e. The van der Waals surface area contributed by atoms with Crippen molar-refractivity contribution < 1.29 is 18.0 Å². The van der Waals surface area contributed by atoms with E-state index in [0.717, 1.165) is 12.8 Å². The number of ketones is 1. The Balaban J connectivity index is 1.81. The van der Waals surface area contributed by atoms with Crippen LogP contribution in [0.15, 0.2) is 52.3 Å². The first kappa shape index (κ1) is 16.9. The van der Waals surface area contributed by atoms with Gasteiger partial charge in [0, 0.05) is 35.8 Å². The largest absolute Gasteiger partial charge is 0.334 e. The number of likely N-dealkylation sites (tertiary alicyclic amines) is 1. The molecule has 0 spiro atoms. The Morgan fingerprint density at radius 3 is 2.62 bits per heavy atom. The first-order valence-electron chi connectivity index (χ1n) is 8.49. The van der Waals surface area contributed by atoms with Gasteiger partial charge in [-0.3, -0.25) is 9.59 Å². The highest BCUT2D eigenvalue weighted by molar-refractivity contribution is 7.91. The molecule has 134 valence electrons. The molecule has 2 aromatic rings. The quantitative estimate of drug-likeness (QED) is 0.739. The molecule has 1 unspecified atom stereocenters. The van der Waals surface area contributed by atoms with E-state index in [0.29, 0.717) is 13.1 Å². The molecule has 26 heavy (non-hydrogen) atoms. The summed E-state index contributed by atoms with van der Waals surface area (Å²) in [5.74, 6) is -0.590. The van der Waals surface area contributed by atoms with E-state index in [1.807, 2.05) is 0 Å². The number of nitrogens with zero attached hydrogens (tertiary/aromatic N) is 1. The molecule has 2 heterocycles. The van der Waals surface area contributed by atoms with E-state index < -0.39 is 9.84 Å². The van der Waals surface area contributed by atoms with Crippen LogP contribution < -0.4 is 5.73 Å². The lowest BCUT2D eigenvalue weighted by molar-refractivity contribution is 0.0740. The molecule has 7 heteroatoms. The maximum Gasteiger partial charge on any atom is 0.254 e. The van der Waals surface area contributed by atoms with Crippen LogP contribution >= 0.6 is 0 Å². The zero-order chi connectivity index (χ0) is 18.5. The maximum atomic E-state index is 13.0. The van der Waals surface area contributed by atoms with Crippen molar-refractivity contribution in [2.24, 2.45) is 5.73 Å². The highest BCUT2D eigenvalue weighted by Crippen LogP contribution is 2.35. The normalized spacial score (nSPS) is 20.6. The predicted molar refractivity (Wildman–Crippen MR) is 94.9 cm³/mol. The van der Waals surface area contributed by atoms with Gasteiger partial charge in [0.15, 0.2) is 5.78 Å². The van der Waals surface area contributed by atoms with Crippen LogP contribution in [-0.2, 0) is 9.84 Å². The Bertz CT molecular complexity index is 1030. The van der Waals surface area contributed by atoms with Gasteiger partial charge in [-0.2, -0.15) is 0 Å². The van der Waals surface area contributed by atoms with Crippen LogP contribution in [0.5, 0.6) is 0 Å². The van der Waals surface area contributed by atoms with Gasteiger partial charge in [-0.05, 0) is 43.2 Å². The lowest BCUT2D eigenvalue weighted by atomic mass is 10.0. The lowest BCUT2D eigenvalue weighted by Crippen LogP contribution is -2.40. The number of rotatable bonds is 2. The van der Waals surface area contributed by atoms with Gasteiger partial charge in [0.1, 0.15) is 0 Å². The number of amides is 1. The molecule has 0 aliphatic carbocycles. The number of benzene rings is 2. The summed E-state index contributed by atoms with van der Waals surface area (Å²) in [5.41, 5.74) is 6.27. The molecule has 4 rings (SSSR count). The van der Waals surface area contributed by atoms with Crippen molar-refractivity contribution in [3.05, 3.63) is 59.2 Å². The molecular weight excluding hydrogens is 352 g/mol. The SMILES string of the molecule is NCC1CCCN1C(=O)c1ccc2c(c1)S(=O)(=O)c1ccccc1C2=O. The molecule has 2 aliphatic rings. The van der Waals surface area contributed by atoms with E-state index in [1.54, 1.807) is 17.0 Å². The molecule has 1 fully saturated rings. The van der Waals surface area contributed by atoms with E-state index in [1.165, 1.54) is 30.3 Å². The third-order valence-electron chi connectivity index (χ3n) is 5.09. The third kappa shape index (κ3) is 2.39. The zero-order valence-electron chi connectivity index (χ0n) is 14.0. The summed E-state index contributed by atoms with van der Waals surface area (Å²) in [6.45, 7) is 0.979. The molecule has 1 amide bonds.